The highest BCUT2D eigenvalue weighted by Crippen LogP contribution is 2.20. The van der Waals surface area contributed by atoms with Gasteiger partial charge in [-0.3, -0.25) is 4.57 Å². The molecule has 0 N–H and O–H groups in total. The zero-order valence-electron chi connectivity index (χ0n) is 17.7. The average molecular weight is 442 g/mol. The molecule has 1 aliphatic rings. The Hall–Kier alpha value is -4.46. The lowest BCUT2D eigenvalue weighted by Crippen LogP contribution is -2.53. The first-order valence-corrected chi connectivity index (χ1v) is 10.3. The molecule has 0 spiro atoms. The van der Waals surface area contributed by atoms with E-state index in [1.165, 1.54) is 24.9 Å². The van der Waals surface area contributed by atoms with E-state index in [2.05, 4.69) is 63.7 Å². The minimum absolute atomic E-state index is 0.170. The van der Waals surface area contributed by atoms with Crippen molar-refractivity contribution in [3.63, 3.8) is 0 Å². The predicted molar refractivity (Wildman–Crippen MR) is 118 cm³/mol. The molecule has 1 fully saturated rings. The van der Waals surface area contributed by atoms with Gasteiger partial charge in [-0.2, -0.15) is 0 Å². The monoisotopic (exact) mass is 442 g/mol. The summed E-state index contributed by atoms with van der Waals surface area (Å²) in [4.78, 5) is 26.0. The standard InChI is InChI=1S/C22H19FN10/c1-16-13-31(20-5-4-19(23)12-24-20)6-7-33(16)22-27-10-18(11-28-22)3-2-17-8-25-21(26-9-17)32-14-29-30-15-32/h4-5,8-12,14-16H,6-7,13H2,1H3/t16-/m0/s1. The van der Waals surface area contributed by atoms with Crippen molar-refractivity contribution < 1.29 is 4.39 Å². The molecule has 164 valence electrons. The molecule has 11 heteroatoms. The Morgan fingerprint density at radius 3 is 2.03 bits per heavy atom. The molecule has 5 rings (SSSR count). The Morgan fingerprint density at radius 1 is 0.818 bits per heavy atom. The van der Waals surface area contributed by atoms with E-state index in [9.17, 15) is 4.39 Å². The number of rotatable bonds is 3. The van der Waals surface area contributed by atoms with Crippen LogP contribution < -0.4 is 9.80 Å². The SMILES string of the molecule is C[C@H]1CN(c2ccc(F)cn2)CCN1c1ncc(C#Cc2cnc(-n3cnnc3)nc2)cn1. The number of pyridine rings is 1. The number of halogens is 1. The van der Waals surface area contributed by atoms with Crippen LogP contribution in [0.1, 0.15) is 18.1 Å². The molecule has 0 aromatic carbocycles. The number of hydrogen-bond donors (Lipinski definition) is 0. The summed E-state index contributed by atoms with van der Waals surface area (Å²) in [6.45, 7) is 4.34. The highest BCUT2D eigenvalue weighted by Gasteiger charge is 2.26. The molecular weight excluding hydrogens is 423 g/mol. The van der Waals surface area contributed by atoms with Crippen LogP contribution in [0.4, 0.5) is 16.2 Å². The van der Waals surface area contributed by atoms with Crippen molar-refractivity contribution in [2.75, 3.05) is 29.4 Å². The summed E-state index contributed by atoms with van der Waals surface area (Å²) in [5.74, 6) is 7.62. The predicted octanol–water partition coefficient (Wildman–Crippen LogP) is 1.50. The van der Waals surface area contributed by atoms with E-state index in [-0.39, 0.29) is 11.9 Å². The summed E-state index contributed by atoms with van der Waals surface area (Å²) in [5, 5.41) is 7.47. The quantitative estimate of drug-likeness (QED) is 0.437. The third-order valence-electron chi connectivity index (χ3n) is 5.20. The van der Waals surface area contributed by atoms with Gasteiger partial charge in [0.05, 0.1) is 17.3 Å². The number of aromatic nitrogens is 8. The summed E-state index contributed by atoms with van der Waals surface area (Å²) >= 11 is 0. The van der Waals surface area contributed by atoms with Gasteiger partial charge in [-0.15, -0.1) is 10.2 Å². The molecule has 0 saturated carbocycles. The Labute approximate surface area is 189 Å². The molecule has 4 aromatic heterocycles. The molecule has 1 atom stereocenters. The fourth-order valence-corrected chi connectivity index (χ4v) is 3.52. The number of hydrogen-bond acceptors (Lipinski definition) is 9. The van der Waals surface area contributed by atoms with Gasteiger partial charge in [0, 0.05) is 50.5 Å². The molecule has 0 radical (unpaired) electrons. The Morgan fingerprint density at radius 2 is 1.45 bits per heavy atom. The molecule has 0 aliphatic carbocycles. The van der Waals surface area contributed by atoms with Gasteiger partial charge in [-0.1, -0.05) is 11.8 Å². The van der Waals surface area contributed by atoms with Gasteiger partial charge in [-0.25, -0.2) is 29.3 Å². The van der Waals surface area contributed by atoms with E-state index < -0.39 is 0 Å². The smallest absolute Gasteiger partial charge is 0.236 e. The summed E-state index contributed by atoms with van der Waals surface area (Å²) < 4.78 is 14.8. The van der Waals surface area contributed by atoms with Crippen molar-refractivity contribution in [1.82, 2.24) is 39.7 Å². The van der Waals surface area contributed by atoms with Gasteiger partial charge in [0.2, 0.25) is 11.9 Å². The molecule has 0 unspecified atom stereocenters. The number of piperazine rings is 1. The third-order valence-corrected chi connectivity index (χ3v) is 5.20. The highest BCUT2D eigenvalue weighted by molar-refractivity contribution is 5.45. The molecule has 0 amide bonds. The lowest BCUT2D eigenvalue weighted by atomic mass is 10.2. The minimum Gasteiger partial charge on any atom is -0.353 e. The highest BCUT2D eigenvalue weighted by atomic mass is 19.1. The molecule has 1 saturated heterocycles. The topological polar surface area (TPSA) is 102 Å². The normalized spacial score (nSPS) is 15.8. The van der Waals surface area contributed by atoms with Crippen LogP contribution in [0, 0.1) is 17.7 Å². The summed E-state index contributed by atoms with van der Waals surface area (Å²) in [5.41, 5.74) is 1.37. The van der Waals surface area contributed by atoms with E-state index in [4.69, 9.17) is 0 Å². The van der Waals surface area contributed by atoms with Gasteiger partial charge < -0.3 is 9.80 Å². The molecule has 0 bridgehead atoms. The summed E-state index contributed by atoms with van der Waals surface area (Å²) in [6.07, 6.45) is 11.0. The largest absolute Gasteiger partial charge is 0.353 e. The molecule has 1 aliphatic heterocycles. The van der Waals surface area contributed by atoms with Crippen molar-refractivity contribution in [3.05, 3.63) is 72.7 Å². The average Bonchev–Trinajstić information content (AvgIpc) is 3.39. The first-order valence-electron chi connectivity index (χ1n) is 10.3. The number of anilines is 2. The zero-order chi connectivity index (χ0) is 22.6. The van der Waals surface area contributed by atoms with E-state index in [1.807, 2.05) is 0 Å². The van der Waals surface area contributed by atoms with E-state index in [0.717, 1.165) is 25.5 Å². The van der Waals surface area contributed by atoms with Crippen molar-refractivity contribution >= 4 is 11.8 Å². The molecule has 5 heterocycles. The Kier molecular flexibility index (Phi) is 5.55. The minimum atomic E-state index is -0.335. The second-order valence-corrected chi connectivity index (χ2v) is 7.49. The van der Waals surface area contributed by atoms with Gasteiger partial charge in [0.15, 0.2) is 0 Å². The van der Waals surface area contributed by atoms with E-state index >= 15 is 0 Å². The van der Waals surface area contributed by atoms with Crippen LogP contribution in [0.5, 0.6) is 0 Å². The molecular formula is C22H19FN10. The summed E-state index contributed by atoms with van der Waals surface area (Å²) in [7, 11) is 0. The van der Waals surface area contributed by atoms with Crippen molar-refractivity contribution in [3.8, 4) is 17.8 Å². The van der Waals surface area contributed by atoms with Crippen LogP contribution in [-0.2, 0) is 0 Å². The fourth-order valence-electron chi connectivity index (χ4n) is 3.52. The first-order chi connectivity index (χ1) is 16.2. The maximum Gasteiger partial charge on any atom is 0.236 e. The van der Waals surface area contributed by atoms with E-state index in [1.54, 1.807) is 35.4 Å². The second-order valence-electron chi connectivity index (χ2n) is 7.49. The Bertz CT molecular complexity index is 1260. The van der Waals surface area contributed by atoms with Crippen LogP contribution in [0.15, 0.2) is 55.8 Å². The lowest BCUT2D eigenvalue weighted by molar-refractivity contribution is 0.536. The third kappa shape index (κ3) is 4.59. The van der Waals surface area contributed by atoms with E-state index in [0.29, 0.717) is 23.0 Å². The van der Waals surface area contributed by atoms with Gasteiger partial charge in [-0.05, 0) is 19.1 Å². The lowest BCUT2D eigenvalue weighted by Gasteiger charge is -2.40. The second kappa shape index (κ2) is 8.96. The van der Waals surface area contributed by atoms with Crippen molar-refractivity contribution in [2.24, 2.45) is 0 Å². The van der Waals surface area contributed by atoms with Gasteiger partial charge >= 0.3 is 0 Å². The van der Waals surface area contributed by atoms with Gasteiger partial charge in [0.1, 0.15) is 24.3 Å². The molecule has 33 heavy (non-hydrogen) atoms. The van der Waals surface area contributed by atoms with Crippen molar-refractivity contribution in [1.29, 1.82) is 0 Å². The summed E-state index contributed by atoms with van der Waals surface area (Å²) in [6, 6.07) is 3.30. The maximum atomic E-state index is 13.1. The molecule has 4 aromatic rings. The van der Waals surface area contributed by atoms with Crippen LogP contribution in [-0.4, -0.2) is 65.4 Å². The van der Waals surface area contributed by atoms with Crippen molar-refractivity contribution in [2.45, 2.75) is 13.0 Å². The number of nitrogens with zero attached hydrogens (tertiary/aromatic N) is 10. The van der Waals surface area contributed by atoms with Crippen LogP contribution >= 0.6 is 0 Å². The Balaban J connectivity index is 1.23. The van der Waals surface area contributed by atoms with Crippen LogP contribution in [0.25, 0.3) is 5.95 Å². The van der Waals surface area contributed by atoms with Crippen LogP contribution in [0.3, 0.4) is 0 Å². The van der Waals surface area contributed by atoms with Crippen LogP contribution in [0.2, 0.25) is 0 Å². The maximum absolute atomic E-state index is 13.1. The fraction of sp³-hybridized carbons (Fsp3) is 0.227. The molecule has 10 nitrogen and oxygen atoms in total. The van der Waals surface area contributed by atoms with Gasteiger partial charge in [0.25, 0.3) is 0 Å². The zero-order valence-corrected chi connectivity index (χ0v) is 17.7. The first kappa shape index (κ1) is 20.4.